The first kappa shape index (κ1) is 32.4. The van der Waals surface area contributed by atoms with Crippen LogP contribution in [-0.4, -0.2) is 46.3 Å². The zero-order chi connectivity index (χ0) is 28.5. The van der Waals surface area contributed by atoms with Crippen LogP contribution in [0.1, 0.15) is 85.9 Å². The van der Waals surface area contributed by atoms with Crippen molar-refractivity contribution in [2.45, 2.75) is 78.3 Å². The Morgan fingerprint density at radius 3 is 2.13 bits per heavy atom. The molecule has 1 atom stereocenters. The number of carbonyl (C=O) groups is 2. The number of rotatable bonds is 19. The summed E-state index contributed by atoms with van der Waals surface area (Å²) in [5, 5.41) is 4.10. The smallest absolute Gasteiger partial charge is 0.365 e. The summed E-state index contributed by atoms with van der Waals surface area (Å²) in [4.78, 5) is 31.2. The van der Waals surface area contributed by atoms with Gasteiger partial charge in [-0.1, -0.05) is 56.5 Å². The highest BCUT2D eigenvalue weighted by molar-refractivity contribution is 6.64. The van der Waals surface area contributed by atoms with Crippen molar-refractivity contribution >= 4 is 26.0 Å². The molecule has 2 rings (SSSR count). The van der Waals surface area contributed by atoms with Crippen molar-refractivity contribution in [2.24, 2.45) is 11.1 Å². The molecule has 0 heterocycles. The van der Waals surface area contributed by atoms with Crippen LogP contribution in [0.5, 0.6) is 5.75 Å². The molecule has 39 heavy (non-hydrogen) atoms. The quantitative estimate of drug-likeness (QED) is 0.0443. The summed E-state index contributed by atoms with van der Waals surface area (Å²) in [6, 6.07) is 15.8. The second-order valence-electron chi connectivity index (χ2n) is 10.0. The zero-order valence-electron chi connectivity index (χ0n) is 24.2. The number of carbonyl (C=O) groups excluding carboxylic acids is 2. The third kappa shape index (κ3) is 11.9. The molecule has 1 unspecified atom stereocenters. The van der Waals surface area contributed by atoms with Crippen LogP contribution in [0.25, 0.3) is 0 Å². The van der Waals surface area contributed by atoms with Crippen molar-refractivity contribution in [3.05, 3.63) is 65.7 Å². The third-order valence-electron chi connectivity index (χ3n) is 6.62. The lowest BCUT2D eigenvalue weighted by molar-refractivity contribution is 0.0512. The van der Waals surface area contributed by atoms with Gasteiger partial charge >= 0.3 is 14.5 Å². The molecule has 0 amide bonds. The fourth-order valence-corrected chi connectivity index (χ4v) is 4.73. The van der Waals surface area contributed by atoms with E-state index in [0.29, 0.717) is 17.7 Å². The summed E-state index contributed by atoms with van der Waals surface area (Å²) in [5.41, 5.74) is 1.17. The first-order valence-electron chi connectivity index (χ1n) is 14.1. The molecule has 0 aromatic heterocycles. The van der Waals surface area contributed by atoms with E-state index in [1.54, 1.807) is 55.6 Å². The highest BCUT2D eigenvalue weighted by Gasteiger charge is 2.25. The molecule has 0 aliphatic heterocycles. The van der Waals surface area contributed by atoms with E-state index in [1.165, 1.54) is 0 Å². The number of Topliss-reactive ketones (excluding diaryl/α,β-unsaturated/α-hetero) is 1. The van der Waals surface area contributed by atoms with E-state index in [1.807, 2.05) is 26.1 Å². The number of nitrogens with zero attached hydrogens (tertiary/aromatic N) is 1. The molecule has 214 valence electrons. The molecule has 7 nitrogen and oxygen atoms in total. The van der Waals surface area contributed by atoms with Gasteiger partial charge in [0.25, 0.3) is 0 Å². The van der Waals surface area contributed by atoms with Crippen molar-refractivity contribution < 1.29 is 28.0 Å². The molecule has 0 N–H and O–H groups in total. The maximum Gasteiger partial charge on any atom is 0.365 e. The molecule has 0 saturated heterocycles. The molecule has 0 aliphatic carbocycles. The number of ketones is 1. The number of ether oxygens (including phenoxy) is 1. The Labute approximate surface area is 235 Å². The Morgan fingerprint density at radius 2 is 1.51 bits per heavy atom. The van der Waals surface area contributed by atoms with Crippen molar-refractivity contribution in [1.82, 2.24) is 0 Å². The number of hydrogen-bond donors (Lipinski definition) is 0. The number of hydrogen-bond acceptors (Lipinski definition) is 7. The van der Waals surface area contributed by atoms with Crippen molar-refractivity contribution in [2.75, 3.05) is 20.3 Å². The van der Waals surface area contributed by atoms with Crippen LogP contribution < -0.4 is 4.74 Å². The van der Waals surface area contributed by atoms with E-state index in [4.69, 9.17) is 18.4 Å². The average molecular weight is 556 g/mol. The van der Waals surface area contributed by atoms with Gasteiger partial charge in [0, 0.05) is 25.2 Å². The molecule has 0 saturated carbocycles. The molecule has 0 spiro atoms. The minimum absolute atomic E-state index is 0.0923. The summed E-state index contributed by atoms with van der Waals surface area (Å²) >= 11 is 0. The highest BCUT2D eigenvalue weighted by Crippen LogP contribution is 2.21. The molecule has 0 bridgehead atoms. The molecule has 0 fully saturated rings. The molecular weight excluding hydrogens is 510 g/mol. The van der Waals surface area contributed by atoms with Crippen LogP contribution in [0.3, 0.4) is 0 Å². The predicted octanol–water partition coefficient (Wildman–Crippen LogP) is 7.60. The van der Waals surface area contributed by atoms with E-state index in [-0.39, 0.29) is 17.4 Å². The van der Waals surface area contributed by atoms with Gasteiger partial charge in [-0.2, -0.15) is 0 Å². The Morgan fingerprint density at radius 1 is 0.846 bits per heavy atom. The predicted molar refractivity (Wildman–Crippen MR) is 158 cm³/mol. The Hall–Kier alpha value is -2.81. The first-order chi connectivity index (χ1) is 18.8. The standard InChI is InChI=1S/C31H45NO6Si/c1-6-8-16-25(7-2)29(32-38-31(34)27-17-12-11-13-18-27)30(33)26-19-21-28(22-20-26)36-23-14-9-10-15-24-37-39(4,5)35-3/h11-13,17-22,25H,6-10,14-16,23-24H2,1-5H3/b32-29+. The van der Waals surface area contributed by atoms with Gasteiger partial charge < -0.3 is 18.4 Å². The molecule has 8 heteroatoms. The SMILES string of the molecule is CCCCC(CC)/C(=N\OC(=O)c1ccccc1)C(=O)c1ccc(OCCCCCCO[Si](C)(C)OC)cc1. The zero-order valence-corrected chi connectivity index (χ0v) is 25.2. The van der Waals surface area contributed by atoms with Crippen molar-refractivity contribution in [3.8, 4) is 5.75 Å². The van der Waals surface area contributed by atoms with Crippen LogP contribution in [0.2, 0.25) is 13.1 Å². The molecule has 0 aliphatic rings. The maximum absolute atomic E-state index is 13.5. The van der Waals surface area contributed by atoms with Gasteiger partial charge in [-0.15, -0.1) is 0 Å². The second-order valence-corrected chi connectivity index (χ2v) is 13.5. The van der Waals surface area contributed by atoms with Crippen LogP contribution in [0.4, 0.5) is 0 Å². The van der Waals surface area contributed by atoms with Crippen molar-refractivity contribution in [1.29, 1.82) is 0 Å². The summed E-state index contributed by atoms with van der Waals surface area (Å²) < 4.78 is 17.1. The third-order valence-corrected chi connectivity index (χ3v) is 8.50. The number of benzene rings is 2. The van der Waals surface area contributed by atoms with Gasteiger partial charge in [-0.05, 0) is 81.6 Å². The van der Waals surface area contributed by atoms with E-state index in [0.717, 1.165) is 63.7 Å². The van der Waals surface area contributed by atoms with Crippen LogP contribution in [0.15, 0.2) is 59.8 Å². The Bertz CT molecular complexity index is 1020. The lowest BCUT2D eigenvalue weighted by atomic mass is 9.89. The van der Waals surface area contributed by atoms with Gasteiger partial charge in [-0.3, -0.25) is 4.79 Å². The maximum atomic E-state index is 13.5. The lowest BCUT2D eigenvalue weighted by Gasteiger charge is -2.19. The van der Waals surface area contributed by atoms with E-state index in [9.17, 15) is 9.59 Å². The Kier molecular flexibility index (Phi) is 14.7. The molecule has 2 aromatic rings. The minimum atomic E-state index is -1.93. The van der Waals surface area contributed by atoms with E-state index >= 15 is 0 Å². The number of unbranched alkanes of at least 4 members (excludes halogenated alkanes) is 4. The van der Waals surface area contributed by atoms with Gasteiger partial charge in [0.05, 0.1) is 12.2 Å². The normalized spacial score (nSPS) is 12.7. The highest BCUT2D eigenvalue weighted by atomic mass is 28.4. The van der Waals surface area contributed by atoms with Crippen LogP contribution in [0, 0.1) is 5.92 Å². The monoisotopic (exact) mass is 555 g/mol. The number of oxime groups is 1. The topological polar surface area (TPSA) is 83.4 Å². The summed E-state index contributed by atoms with van der Waals surface area (Å²) in [6.07, 6.45) is 7.61. The van der Waals surface area contributed by atoms with E-state index < -0.39 is 14.5 Å². The van der Waals surface area contributed by atoms with E-state index in [2.05, 4.69) is 12.1 Å². The van der Waals surface area contributed by atoms with Crippen LogP contribution >= 0.6 is 0 Å². The Balaban J connectivity index is 1.93. The minimum Gasteiger partial charge on any atom is -0.494 e. The van der Waals surface area contributed by atoms with Gasteiger partial charge in [-0.25, -0.2) is 4.79 Å². The van der Waals surface area contributed by atoms with Gasteiger partial charge in [0.2, 0.25) is 5.78 Å². The largest absolute Gasteiger partial charge is 0.494 e. The summed E-state index contributed by atoms with van der Waals surface area (Å²) in [7, 11) is -0.228. The first-order valence-corrected chi connectivity index (χ1v) is 16.9. The fraction of sp³-hybridized carbons (Fsp3) is 0.516. The van der Waals surface area contributed by atoms with Gasteiger partial charge in [0.15, 0.2) is 0 Å². The molecule has 0 radical (unpaired) electrons. The fourth-order valence-electron chi connectivity index (χ4n) is 3.98. The summed E-state index contributed by atoms with van der Waals surface area (Å²) in [6.45, 7) is 9.57. The lowest BCUT2D eigenvalue weighted by Crippen LogP contribution is -2.33. The molecular formula is C31H45NO6Si. The molecule has 2 aromatic carbocycles. The summed E-state index contributed by atoms with van der Waals surface area (Å²) in [5.74, 6) is -0.185. The van der Waals surface area contributed by atoms with Gasteiger partial charge in [0.1, 0.15) is 11.5 Å². The van der Waals surface area contributed by atoms with Crippen molar-refractivity contribution in [3.63, 3.8) is 0 Å². The average Bonchev–Trinajstić information content (AvgIpc) is 2.96. The second kappa shape index (κ2) is 17.7. The van der Waals surface area contributed by atoms with Crippen LogP contribution in [-0.2, 0) is 13.7 Å².